The van der Waals surface area contributed by atoms with Crippen molar-refractivity contribution < 1.29 is 0 Å². The maximum Gasteiger partial charge on any atom is 0.113 e. The van der Waals surface area contributed by atoms with E-state index in [0.29, 0.717) is 5.69 Å². The summed E-state index contributed by atoms with van der Waals surface area (Å²) in [6.07, 6.45) is 8.80. The molecular formula is C9H6N2. The maximum absolute atomic E-state index is 5.19. The van der Waals surface area contributed by atoms with Crippen LogP contribution in [0.1, 0.15) is 5.69 Å². The van der Waals surface area contributed by atoms with Crippen LogP contribution in [0.4, 0.5) is 0 Å². The lowest BCUT2D eigenvalue weighted by Gasteiger charge is -1.89. The fraction of sp³-hybridized carbons (Fsp3) is 0. The first kappa shape index (κ1) is 5.99. The van der Waals surface area contributed by atoms with E-state index < -0.39 is 0 Å². The summed E-state index contributed by atoms with van der Waals surface area (Å²) in [6.45, 7) is 0. The molecule has 11 heavy (non-hydrogen) atoms. The van der Waals surface area contributed by atoms with Crippen LogP contribution in [0.25, 0.3) is 10.9 Å². The molecule has 0 aliphatic carbocycles. The standard InChI is InChI=1S/C9H6N2/c1-2-8-5-7-3-4-10-9(7)6-11-8/h1,3-6,10H. The van der Waals surface area contributed by atoms with Gasteiger partial charge in [0, 0.05) is 11.6 Å². The number of rotatable bonds is 0. The van der Waals surface area contributed by atoms with Crippen LogP contribution in [0.5, 0.6) is 0 Å². The number of terminal acetylenes is 1. The summed E-state index contributed by atoms with van der Waals surface area (Å²) in [5.74, 6) is 2.48. The number of aromatic nitrogens is 2. The second-order valence-corrected chi connectivity index (χ2v) is 2.28. The van der Waals surface area contributed by atoms with Crippen molar-refractivity contribution in [3.8, 4) is 12.3 Å². The second-order valence-electron chi connectivity index (χ2n) is 2.28. The molecule has 2 aromatic heterocycles. The lowest BCUT2D eigenvalue weighted by atomic mass is 10.3. The van der Waals surface area contributed by atoms with E-state index in [1.807, 2.05) is 18.3 Å². The monoisotopic (exact) mass is 142 g/mol. The van der Waals surface area contributed by atoms with Crippen LogP contribution in [0.3, 0.4) is 0 Å². The van der Waals surface area contributed by atoms with Gasteiger partial charge in [0.05, 0.1) is 11.7 Å². The van der Waals surface area contributed by atoms with Gasteiger partial charge in [0.1, 0.15) is 5.69 Å². The summed E-state index contributed by atoms with van der Waals surface area (Å²) in [6, 6.07) is 3.85. The van der Waals surface area contributed by atoms with E-state index in [9.17, 15) is 0 Å². The Hall–Kier alpha value is -1.75. The molecule has 0 aliphatic rings. The van der Waals surface area contributed by atoms with E-state index in [4.69, 9.17) is 6.42 Å². The Morgan fingerprint density at radius 2 is 2.45 bits per heavy atom. The molecule has 2 heterocycles. The van der Waals surface area contributed by atoms with Crippen molar-refractivity contribution in [2.45, 2.75) is 0 Å². The van der Waals surface area contributed by atoms with E-state index in [-0.39, 0.29) is 0 Å². The van der Waals surface area contributed by atoms with E-state index in [0.717, 1.165) is 10.9 Å². The molecule has 0 bridgehead atoms. The number of hydrogen-bond donors (Lipinski definition) is 1. The van der Waals surface area contributed by atoms with Crippen molar-refractivity contribution in [3.63, 3.8) is 0 Å². The molecule has 0 fully saturated rings. The van der Waals surface area contributed by atoms with Crippen LogP contribution in [0.2, 0.25) is 0 Å². The van der Waals surface area contributed by atoms with Crippen molar-refractivity contribution in [1.82, 2.24) is 9.97 Å². The van der Waals surface area contributed by atoms with E-state index in [1.165, 1.54) is 0 Å². The molecule has 0 amide bonds. The number of fused-ring (bicyclic) bond motifs is 1. The van der Waals surface area contributed by atoms with Crippen LogP contribution in [-0.4, -0.2) is 9.97 Å². The van der Waals surface area contributed by atoms with Gasteiger partial charge < -0.3 is 4.98 Å². The van der Waals surface area contributed by atoms with E-state index >= 15 is 0 Å². The molecule has 2 aromatic rings. The second kappa shape index (κ2) is 2.14. The van der Waals surface area contributed by atoms with E-state index in [2.05, 4.69) is 15.9 Å². The summed E-state index contributed by atoms with van der Waals surface area (Å²) < 4.78 is 0. The summed E-state index contributed by atoms with van der Waals surface area (Å²) in [4.78, 5) is 7.07. The average molecular weight is 142 g/mol. The summed E-state index contributed by atoms with van der Waals surface area (Å²) in [7, 11) is 0. The maximum atomic E-state index is 5.19. The molecule has 0 aromatic carbocycles. The first-order valence-corrected chi connectivity index (χ1v) is 3.30. The minimum absolute atomic E-state index is 0.678. The molecule has 2 heteroatoms. The fourth-order valence-corrected chi connectivity index (χ4v) is 1.03. The van der Waals surface area contributed by atoms with Gasteiger partial charge >= 0.3 is 0 Å². The molecule has 52 valence electrons. The Morgan fingerprint density at radius 1 is 1.55 bits per heavy atom. The zero-order valence-corrected chi connectivity index (χ0v) is 5.83. The van der Waals surface area contributed by atoms with Gasteiger partial charge in [0.15, 0.2) is 0 Å². The lowest BCUT2D eigenvalue weighted by Crippen LogP contribution is -1.79. The molecule has 0 spiro atoms. The molecule has 2 nitrogen and oxygen atoms in total. The normalized spacial score (nSPS) is 9.73. The number of nitrogens with one attached hydrogen (secondary N) is 1. The Bertz CT molecular complexity index is 420. The molecular weight excluding hydrogens is 136 g/mol. The number of H-pyrrole nitrogens is 1. The minimum atomic E-state index is 0.678. The zero-order chi connectivity index (χ0) is 7.68. The number of hydrogen-bond acceptors (Lipinski definition) is 1. The van der Waals surface area contributed by atoms with E-state index in [1.54, 1.807) is 6.20 Å². The molecule has 0 radical (unpaired) electrons. The molecule has 0 unspecified atom stereocenters. The summed E-state index contributed by atoms with van der Waals surface area (Å²) in [5, 5.41) is 1.10. The Balaban J connectivity index is 2.79. The van der Waals surface area contributed by atoms with Crippen LogP contribution in [0, 0.1) is 12.3 Å². The highest BCUT2D eigenvalue weighted by molar-refractivity contribution is 5.79. The lowest BCUT2D eigenvalue weighted by molar-refractivity contribution is 1.30. The van der Waals surface area contributed by atoms with Gasteiger partial charge in [-0.3, -0.25) is 0 Å². The van der Waals surface area contributed by atoms with Gasteiger partial charge in [-0.15, -0.1) is 6.42 Å². The average Bonchev–Trinajstić information content (AvgIpc) is 2.50. The molecule has 0 aliphatic heterocycles. The van der Waals surface area contributed by atoms with Gasteiger partial charge in [-0.05, 0) is 12.1 Å². The molecule has 2 rings (SSSR count). The predicted molar refractivity (Wildman–Crippen MR) is 44.0 cm³/mol. The first-order valence-electron chi connectivity index (χ1n) is 3.30. The Kier molecular flexibility index (Phi) is 1.16. The van der Waals surface area contributed by atoms with Crippen molar-refractivity contribution in [3.05, 3.63) is 30.2 Å². The van der Waals surface area contributed by atoms with Crippen molar-refractivity contribution in [2.24, 2.45) is 0 Å². The smallest absolute Gasteiger partial charge is 0.113 e. The Morgan fingerprint density at radius 3 is 3.27 bits per heavy atom. The molecule has 0 atom stereocenters. The quantitative estimate of drug-likeness (QED) is 0.555. The number of nitrogens with zero attached hydrogens (tertiary/aromatic N) is 1. The third-order valence-electron chi connectivity index (χ3n) is 1.59. The van der Waals surface area contributed by atoms with Crippen molar-refractivity contribution >= 4 is 10.9 Å². The van der Waals surface area contributed by atoms with Gasteiger partial charge in [0.2, 0.25) is 0 Å². The van der Waals surface area contributed by atoms with Gasteiger partial charge in [-0.25, -0.2) is 4.98 Å². The molecule has 0 saturated carbocycles. The SMILES string of the molecule is C#Cc1cc2cc[nH]c2cn1. The molecule has 0 saturated heterocycles. The van der Waals surface area contributed by atoms with Gasteiger partial charge in [-0.1, -0.05) is 5.92 Å². The number of aromatic amines is 1. The van der Waals surface area contributed by atoms with Crippen LogP contribution < -0.4 is 0 Å². The fourth-order valence-electron chi connectivity index (χ4n) is 1.03. The highest BCUT2D eigenvalue weighted by Crippen LogP contribution is 2.10. The topological polar surface area (TPSA) is 28.7 Å². The van der Waals surface area contributed by atoms with Gasteiger partial charge in [0.25, 0.3) is 0 Å². The van der Waals surface area contributed by atoms with Crippen LogP contribution in [0.15, 0.2) is 24.5 Å². The number of pyridine rings is 1. The summed E-state index contributed by atoms with van der Waals surface area (Å²) >= 11 is 0. The highest BCUT2D eigenvalue weighted by atomic mass is 14.7. The van der Waals surface area contributed by atoms with Gasteiger partial charge in [-0.2, -0.15) is 0 Å². The van der Waals surface area contributed by atoms with Crippen LogP contribution >= 0.6 is 0 Å². The third kappa shape index (κ3) is 0.870. The zero-order valence-electron chi connectivity index (χ0n) is 5.83. The summed E-state index contributed by atoms with van der Waals surface area (Å²) in [5.41, 5.74) is 1.70. The Labute approximate surface area is 64.3 Å². The predicted octanol–water partition coefficient (Wildman–Crippen LogP) is 1.54. The highest BCUT2D eigenvalue weighted by Gasteiger charge is 1.94. The van der Waals surface area contributed by atoms with Crippen molar-refractivity contribution in [1.29, 1.82) is 0 Å². The molecule has 1 N–H and O–H groups in total. The van der Waals surface area contributed by atoms with Crippen molar-refractivity contribution in [2.75, 3.05) is 0 Å². The van der Waals surface area contributed by atoms with Crippen LogP contribution in [-0.2, 0) is 0 Å². The first-order chi connectivity index (χ1) is 5.40. The largest absolute Gasteiger partial charge is 0.360 e. The third-order valence-corrected chi connectivity index (χ3v) is 1.59. The minimum Gasteiger partial charge on any atom is -0.360 e.